The Morgan fingerprint density at radius 1 is 1.16 bits per heavy atom. The van der Waals surface area contributed by atoms with Crippen molar-refractivity contribution in [2.24, 2.45) is 0 Å². The Labute approximate surface area is 119 Å². The molecule has 0 saturated heterocycles. The number of aryl methyl sites for hydroxylation is 2. The lowest BCUT2D eigenvalue weighted by molar-refractivity contribution is 0.288. The number of fused-ring (bicyclic) bond motifs is 1. The molecule has 3 rings (SSSR count). The Bertz CT molecular complexity index is 592. The van der Waals surface area contributed by atoms with Crippen LogP contribution >= 0.6 is 11.6 Å². The molecular weight excluding hydrogens is 256 g/mol. The van der Waals surface area contributed by atoms with Crippen LogP contribution in [0.3, 0.4) is 0 Å². The summed E-state index contributed by atoms with van der Waals surface area (Å²) in [6, 6.07) is 14.6. The summed E-state index contributed by atoms with van der Waals surface area (Å²) in [5, 5.41) is -0.0894. The van der Waals surface area contributed by atoms with Crippen LogP contribution in [0.2, 0.25) is 0 Å². The zero-order valence-electron chi connectivity index (χ0n) is 11.0. The molecule has 0 amide bonds. The van der Waals surface area contributed by atoms with E-state index in [0.717, 1.165) is 30.8 Å². The number of benzene rings is 2. The first-order chi connectivity index (χ1) is 9.25. The van der Waals surface area contributed by atoms with Gasteiger partial charge in [0.1, 0.15) is 5.75 Å². The Balaban J connectivity index is 1.96. The minimum atomic E-state index is -0.0894. The number of hydrogen-bond donors (Lipinski definition) is 0. The lowest BCUT2D eigenvalue weighted by Gasteiger charge is -2.20. The molecule has 98 valence electrons. The van der Waals surface area contributed by atoms with Crippen LogP contribution in [0, 0.1) is 6.92 Å². The molecule has 0 fully saturated rings. The molecule has 19 heavy (non-hydrogen) atoms. The first kappa shape index (κ1) is 12.6. The molecule has 2 aromatic carbocycles. The highest BCUT2D eigenvalue weighted by molar-refractivity contribution is 6.22. The van der Waals surface area contributed by atoms with Gasteiger partial charge in [-0.3, -0.25) is 0 Å². The summed E-state index contributed by atoms with van der Waals surface area (Å²) in [7, 11) is 0. The van der Waals surface area contributed by atoms with E-state index < -0.39 is 0 Å². The van der Waals surface area contributed by atoms with Crippen molar-refractivity contribution in [2.45, 2.75) is 25.1 Å². The highest BCUT2D eigenvalue weighted by atomic mass is 35.5. The molecule has 1 aliphatic heterocycles. The largest absolute Gasteiger partial charge is 0.493 e. The van der Waals surface area contributed by atoms with Gasteiger partial charge in [-0.25, -0.2) is 0 Å². The predicted molar refractivity (Wildman–Crippen MR) is 79.1 cm³/mol. The van der Waals surface area contributed by atoms with Gasteiger partial charge < -0.3 is 4.74 Å². The van der Waals surface area contributed by atoms with E-state index in [1.807, 2.05) is 12.1 Å². The molecule has 2 aromatic rings. The molecule has 1 aliphatic rings. The molecule has 0 N–H and O–H groups in total. The molecule has 1 nitrogen and oxygen atoms in total. The molecule has 1 unspecified atom stereocenters. The summed E-state index contributed by atoms with van der Waals surface area (Å²) >= 11 is 6.64. The number of hydrogen-bond acceptors (Lipinski definition) is 1. The quantitative estimate of drug-likeness (QED) is 0.723. The highest BCUT2D eigenvalue weighted by Crippen LogP contribution is 2.34. The van der Waals surface area contributed by atoms with E-state index >= 15 is 0 Å². The van der Waals surface area contributed by atoms with Crippen molar-refractivity contribution in [1.82, 2.24) is 0 Å². The molecule has 0 spiro atoms. The molecule has 0 radical (unpaired) electrons. The average molecular weight is 273 g/mol. The fourth-order valence-corrected chi connectivity index (χ4v) is 2.97. The van der Waals surface area contributed by atoms with Crippen LogP contribution in [-0.2, 0) is 6.42 Å². The van der Waals surface area contributed by atoms with Gasteiger partial charge in [0.15, 0.2) is 0 Å². The van der Waals surface area contributed by atoms with Gasteiger partial charge in [0.2, 0.25) is 0 Å². The second-order valence-electron chi connectivity index (χ2n) is 5.04. The van der Waals surface area contributed by atoms with Crippen molar-refractivity contribution in [3.05, 3.63) is 64.7 Å². The summed E-state index contributed by atoms with van der Waals surface area (Å²) < 4.78 is 5.64. The normalized spacial score (nSPS) is 15.5. The smallest absolute Gasteiger partial charge is 0.122 e. The van der Waals surface area contributed by atoms with Gasteiger partial charge in [-0.2, -0.15) is 0 Å². The number of rotatable bonds is 2. The molecule has 1 heterocycles. The van der Waals surface area contributed by atoms with Crippen molar-refractivity contribution in [1.29, 1.82) is 0 Å². The topological polar surface area (TPSA) is 9.23 Å². The minimum absolute atomic E-state index is 0.0894. The van der Waals surface area contributed by atoms with Gasteiger partial charge in [0.25, 0.3) is 0 Å². The van der Waals surface area contributed by atoms with Crippen LogP contribution in [0.15, 0.2) is 42.5 Å². The maximum atomic E-state index is 6.64. The number of alkyl halides is 1. The maximum Gasteiger partial charge on any atom is 0.122 e. The van der Waals surface area contributed by atoms with Crippen molar-refractivity contribution >= 4 is 11.6 Å². The van der Waals surface area contributed by atoms with Crippen molar-refractivity contribution in [3.8, 4) is 5.75 Å². The summed E-state index contributed by atoms with van der Waals surface area (Å²) in [5.74, 6) is 1.02. The second kappa shape index (κ2) is 5.26. The Morgan fingerprint density at radius 2 is 2.00 bits per heavy atom. The zero-order chi connectivity index (χ0) is 13.2. The monoisotopic (exact) mass is 272 g/mol. The first-order valence-electron chi connectivity index (χ1n) is 6.71. The van der Waals surface area contributed by atoms with Crippen LogP contribution in [0.1, 0.15) is 34.1 Å². The highest BCUT2D eigenvalue weighted by Gasteiger charge is 2.16. The Hall–Kier alpha value is -1.47. The van der Waals surface area contributed by atoms with Crippen LogP contribution in [-0.4, -0.2) is 6.61 Å². The van der Waals surface area contributed by atoms with Crippen LogP contribution in [0.25, 0.3) is 0 Å². The van der Waals surface area contributed by atoms with Crippen LogP contribution in [0.5, 0.6) is 5.75 Å². The Kier molecular flexibility index (Phi) is 3.48. The Morgan fingerprint density at radius 3 is 2.84 bits per heavy atom. The SMILES string of the molecule is Cc1ccccc1C(Cl)c1ccc2c(c1)CCCO2. The van der Waals surface area contributed by atoms with Gasteiger partial charge >= 0.3 is 0 Å². The van der Waals surface area contributed by atoms with Gasteiger partial charge in [-0.1, -0.05) is 36.4 Å². The van der Waals surface area contributed by atoms with E-state index in [1.54, 1.807) is 0 Å². The van der Waals surface area contributed by atoms with E-state index in [4.69, 9.17) is 16.3 Å². The van der Waals surface area contributed by atoms with E-state index in [1.165, 1.54) is 16.7 Å². The van der Waals surface area contributed by atoms with Crippen LogP contribution < -0.4 is 4.74 Å². The summed E-state index contributed by atoms with van der Waals surface area (Å²) in [4.78, 5) is 0. The zero-order valence-corrected chi connectivity index (χ0v) is 11.8. The lowest BCUT2D eigenvalue weighted by atomic mass is 9.96. The van der Waals surface area contributed by atoms with Gasteiger partial charge in [0, 0.05) is 0 Å². The molecular formula is C17H17ClO. The summed E-state index contributed by atoms with van der Waals surface area (Å²) in [5.41, 5.74) is 4.85. The van der Waals surface area contributed by atoms with E-state index in [2.05, 4.69) is 37.3 Å². The third-order valence-corrected chi connectivity index (χ3v) is 4.17. The molecule has 0 aromatic heterocycles. The number of ether oxygens (including phenoxy) is 1. The van der Waals surface area contributed by atoms with Gasteiger partial charge in [-0.15, -0.1) is 11.6 Å². The molecule has 0 bridgehead atoms. The molecule has 1 atom stereocenters. The third-order valence-electron chi connectivity index (χ3n) is 3.69. The van der Waals surface area contributed by atoms with Gasteiger partial charge in [0.05, 0.1) is 12.0 Å². The van der Waals surface area contributed by atoms with E-state index in [0.29, 0.717) is 0 Å². The number of halogens is 1. The standard InChI is InChI=1S/C17H17ClO/c1-12-5-2-3-7-15(12)17(18)14-8-9-16-13(11-14)6-4-10-19-16/h2-3,5,7-9,11,17H,4,6,10H2,1H3. The van der Waals surface area contributed by atoms with Crippen molar-refractivity contribution in [3.63, 3.8) is 0 Å². The predicted octanol–water partition coefficient (Wildman–Crippen LogP) is 4.65. The van der Waals surface area contributed by atoms with Gasteiger partial charge in [-0.05, 0) is 48.1 Å². The van der Waals surface area contributed by atoms with Crippen molar-refractivity contribution < 1.29 is 4.74 Å². The summed E-state index contributed by atoms with van der Waals surface area (Å²) in [6.07, 6.45) is 2.17. The lowest BCUT2D eigenvalue weighted by Crippen LogP contribution is -2.09. The van der Waals surface area contributed by atoms with E-state index in [9.17, 15) is 0 Å². The van der Waals surface area contributed by atoms with E-state index in [-0.39, 0.29) is 5.38 Å². The fraction of sp³-hybridized carbons (Fsp3) is 0.294. The summed E-state index contributed by atoms with van der Waals surface area (Å²) in [6.45, 7) is 2.93. The third kappa shape index (κ3) is 2.48. The fourth-order valence-electron chi connectivity index (χ4n) is 2.59. The molecule has 0 aliphatic carbocycles. The first-order valence-corrected chi connectivity index (χ1v) is 7.14. The molecule has 2 heteroatoms. The molecule has 0 saturated carbocycles. The van der Waals surface area contributed by atoms with Crippen molar-refractivity contribution in [2.75, 3.05) is 6.61 Å². The van der Waals surface area contributed by atoms with Crippen LogP contribution in [0.4, 0.5) is 0 Å². The average Bonchev–Trinajstić information content (AvgIpc) is 2.46. The second-order valence-corrected chi connectivity index (χ2v) is 5.47. The maximum absolute atomic E-state index is 6.64. The minimum Gasteiger partial charge on any atom is -0.493 e.